The normalized spacial score (nSPS) is 11.1. The quantitative estimate of drug-likeness (QED) is 0.547. The van der Waals surface area contributed by atoms with E-state index in [0.29, 0.717) is 0 Å². The van der Waals surface area contributed by atoms with E-state index in [1.807, 2.05) is 36.4 Å². The van der Waals surface area contributed by atoms with Gasteiger partial charge >= 0.3 is 30.9 Å². The molecule has 1 unspecified atom stereocenters. The van der Waals surface area contributed by atoms with Crippen LogP contribution in [0, 0.1) is 0 Å². The van der Waals surface area contributed by atoms with Crippen molar-refractivity contribution in [2.45, 2.75) is 6.10 Å². The van der Waals surface area contributed by atoms with Crippen molar-refractivity contribution < 1.29 is 44.5 Å². The van der Waals surface area contributed by atoms with E-state index in [0.717, 1.165) is 11.1 Å². The van der Waals surface area contributed by atoms with E-state index in [-0.39, 0.29) is 39.0 Å². The van der Waals surface area contributed by atoms with E-state index in [1.54, 1.807) is 12.1 Å². The number of carbonyl (C=O) groups excluding carboxylic acids is 1. The Hall–Kier alpha value is -2.26. The third-order valence-corrected chi connectivity index (χ3v) is 3.38. The minimum absolute atomic E-state index is 0. The third kappa shape index (κ3) is 6.27. The molecule has 0 spiro atoms. The van der Waals surface area contributed by atoms with Gasteiger partial charge in [0, 0.05) is 6.54 Å². The van der Waals surface area contributed by atoms with E-state index in [4.69, 9.17) is 9.84 Å². The number of carboxylic acids is 1. The number of amides is 1. The fourth-order valence-electron chi connectivity index (χ4n) is 2.25. The summed E-state index contributed by atoms with van der Waals surface area (Å²) in [5.74, 6) is -0.990. The van der Waals surface area contributed by atoms with Gasteiger partial charge in [0.05, 0.1) is 19.3 Å². The van der Waals surface area contributed by atoms with Crippen LogP contribution in [-0.4, -0.2) is 37.4 Å². The summed E-state index contributed by atoms with van der Waals surface area (Å²) >= 11 is 0. The maximum atomic E-state index is 11.2. The molecule has 0 bridgehead atoms. The number of carboxylic acid groups (broad SMARTS) is 1. The number of hydrogen-bond acceptors (Lipinski definition) is 4. The van der Waals surface area contributed by atoms with Crippen molar-refractivity contribution in [2.75, 3.05) is 20.3 Å². The van der Waals surface area contributed by atoms with E-state index < -0.39 is 18.2 Å². The van der Waals surface area contributed by atoms with Gasteiger partial charge in [0.15, 0.2) is 0 Å². The maximum Gasteiger partial charge on any atom is 1.00 e. The van der Waals surface area contributed by atoms with Crippen LogP contribution < -0.4 is 24.2 Å². The molecule has 2 aromatic carbocycles. The van der Waals surface area contributed by atoms with Gasteiger partial charge in [-0.15, -0.1) is 0 Å². The minimum Gasteiger partial charge on any atom is -1.00 e. The summed E-state index contributed by atoms with van der Waals surface area (Å²) in [7, 11) is 1.29. The molecule has 1 amide bonds. The van der Waals surface area contributed by atoms with Crippen molar-refractivity contribution >= 4 is 12.1 Å². The Morgan fingerprint density at radius 1 is 1.12 bits per heavy atom. The Labute approximate surface area is 159 Å². The predicted octanol–water partition coefficient (Wildman–Crippen LogP) is -0.0367. The van der Waals surface area contributed by atoms with Gasteiger partial charge in [-0.2, -0.15) is 0 Å². The van der Waals surface area contributed by atoms with Crippen LogP contribution in [0.25, 0.3) is 0 Å². The second-order valence-electron chi connectivity index (χ2n) is 5.01. The summed E-state index contributed by atoms with van der Waals surface area (Å²) in [6.45, 7) is 0.542. The van der Waals surface area contributed by atoms with Gasteiger partial charge in [-0.05, 0) is 23.3 Å². The Morgan fingerprint density at radius 2 is 1.80 bits per heavy atom. The van der Waals surface area contributed by atoms with Crippen LogP contribution in [0.2, 0.25) is 0 Å². The number of alkyl carbamates (subject to hydrolysis) is 1. The van der Waals surface area contributed by atoms with Crippen molar-refractivity contribution in [1.82, 2.24) is 5.32 Å². The monoisotopic (exact) mass is 337 g/mol. The number of rotatable bonds is 7. The molecule has 25 heavy (non-hydrogen) atoms. The van der Waals surface area contributed by atoms with Gasteiger partial charge in [0.1, 0.15) is 6.10 Å². The molecule has 0 saturated carbocycles. The molecule has 0 saturated heterocycles. The van der Waals surface area contributed by atoms with Crippen LogP contribution in [0.5, 0.6) is 0 Å². The molecule has 0 aromatic heterocycles. The second-order valence-corrected chi connectivity index (χ2v) is 5.01. The molecule has 0 aliphatic carbocycles. The molecular formula is C18H20LiNO5. The first-order valence-electron chi connectivity index (χ1n) is 7.43. The average Bonchev–Trinajstić information content (AvgIpc) is 2.62. The summed E-state index contributed by atoms with van der Waals surface area (Å²) in [4.78, 5) is 22.2. The maximum absolute atomic E-state index is 11.2. The van der Waals surface area contributed by atoms with Crippen molar-refractivity contribution in [1.29, 1.82) is 0 Å². The number of hydrogen-bond donors (Lipinski definition) is 2. The van der Waals surface area contributed by atoms with Gasteiger partial charge < -0.3 is 21.3 Å². The van der Waals surface area contributed by atoms with Crippen LogP contribution in [0.1, 0.15) is 29.0 Å². The molecule has 7 heteroatoms. The topological polar surface area (TPSA) is 84.9 Å². The Bertz CT molecular complexity index is 699. The minimum atomic E-state index is -0.990. The first kappa shape index (κ1) is 20.8. The average molecular weight is 337 g/mol. The number of aromatic carboxylic acids is 1. The van der Waals surface area contributed by atoms with E-state index in [1.165, 1.54) is 13.2 Å². The molecule has 128 valence electrons. The zero-order valence-electron chi connectivity index (χ0n) is 15.3. The van der Waals surface area contributed by atoms with Crippen molar-refractivity contribution in [2.24, 2.45) is 0 Å². The van der Waals surface area contributed by atoms with Crippen molar-refractivity contribution in [3.05, 3.63) is 71.3 Å². The summed E-state index contributed by atoms with van der Waals surface area (Å²) in [6, 6.07) is 16.1. The molecule has 6 nitrogen and oxygen atoms in total. The standard InChI is InChI=1S/C18H19NO5.Li.H/c1-23-18(22)19-10-11-24-16(13-6-3-2-4-7-13)14-8-5-9-15(12-14)17(20)21;;/h2-9,12,16H,10-11H2,1H3,(H,19,22)(H,20,21);;/q;+1;-1. The fraction of sp³-hybridized carbons (Fsp3) is 0.222. The van der Waals surface area contributed by atoms with E-state index >= 15 is 0 Å². The Kier molecular flexibility index (Phi) is 8.79. The fourth-order valence-corrected chi connectivity index (χ4v) is 2.25. The smallest absolute Gasteiger partial charge is 1.00 e. The van der Waals surface area contributed by atoms with E-state index in [2.05, 4.69) is 10.1 Å². The van der Waals surface area contributed by atoms with Gasteiger partial charge in [0.2, 0.25) is 0 Å². The molecule has 2 aromatic rings. The van der Waals surface area contributed by atoms with Crippen LogP contribution >= 0.6 is 0 Å². The number of benzene rings is 2. The van der Waals surface area contributed by atoms with E-state index in [9.17, 15) is 9.59 Å². The number of methoxy groups -OCH3 is 1. The molecule has 0 heterocycles. The second kappa shape index (κ2) is 10.6. The Balaban J connectivity index is 0.00000312. The van der Waals surface area contributed by atoms with Crippen molar-refractivity contribution in [3.63, 3.8) is 0 Å². The molecular weight excluding hydrogens is 317 g/mol. The van der Waals surface area contributed by atoms with Crippen LogP contribution in [0.3, 0.4) is 0 Å². The van der Waals surface area contributed by atoms with Gasteiger partial charge in [0.25, 0.3) is 0 Å². The van der Waals surface area contributed by atoms with Gasteiger partial charge in [-0.25, -0.2) is 9.59 Å². The van der Waals surface area contributed by atoms with Gasteiger partial charge in [-0.3, -0.25) is 0 Å². The number of carbonyl (C=O) groups is 2. The molecule has 2 rings (SSSR count). The van der Waals surface area contributed by atoms with Crippen LogP contribution in [-0.2, 0) is 9.47 Å². The first-order valence-corrected chi connectivity index (χ1v) is 7.43. The zero-order chi connectivity index (χ0) is 17.4. The summed E-state index contributed by atoms with van der Waals surface area (Å²) in [5, 5.41) is 11.7. The summed E-state index contributed by atoms with van der Waals surface area (Å²) in [6.07, 6.45) is -0.951. The third-order valence-electron chi connectivity index (χ3n) is 3.38. The SMILES string of the molecule is COC(=O)NCCOC(c1ccccc1)c1cccc(C(=O)O)c1.[H-].[Li+]. The number of ether oxygens (including phenoxy) is 2. The number of nitrogens with one attached hydrogen (secondary N) is 1. The van der Waals surface area contributed by atoms with Crippen LogP contribution in [0.15, 0.2) is 54.6 Å². The molecule has 0 fully saturated rings. The molecule has 2 N–H and O–H groups in total. The van der Waals surface area contributed by atoms with Crippen LogP contribution in [0.4, 0.5) is 4.79 Å². The van der Waals surface area contributed by atoms with Crippen molar-refractivity contribution in [3.8, 4) is 0 Å². The Morgan fingerprint density at radius 3 is 2.44 bits per heavy atom. The molecule has 0 radical (unpaired) electrons. The van der Waals surface area contributed by atoms with Gasteiger partial charge in [-0.1, -0.05) is 42.5 Å². The summed E-state index contributed by atoms with van der Waals surface area (Å²) < 4.78 is 10.4. The molecule has 0 aliphatic rings. The largest absolute Gasteiger partial charge is 1.00 e. The summed E-state index contributed by atoms with van der Waals surface area (Å²) in [5.41, 5.74) is 1.84. The predicted molar refractivity (Wildman–Crippen MR) is 89.2 cm³/mol. The molecule has 1 atom stereocenters. The first-order chi connectivity index (χ1) is 11.6. The molecule has 0 aliphatic heterocycles. The zero-order valence-corrected chi connectivity index (χ0v) is 14.3.